The first kappa shape index (κ1) is 9.17. The Bertz CT molecular complexity index is 202. The second-order valence-electron chi connectivity index (χ2n) is 5.63. The molecule has 80 valence electrons. The highest BCUT2D eigenvalue weighted by molar-refractivity contribution is 5.05. The summed E-state index contributed by atoms with van der Waals surface area (Å²) >= 11 is 0. The van der Waals surface area contributed by atoms with E-state index in [0.29, 0.717) is 6.04 Å². The van der Waals surface area contributed by atoms with E-state index in [0.717, 1.165) is 23.7 Å². The first-order valence-electron chi connectivity index (χ1n) is 6.36. The lowest BCUT2D eigenvalue weighted by Crippen LogP contribution is -2.38. The standard InChI is InChI=1S/C12H22N2/c13-14-11(7-6-8-4-5-8)12-9-2-1-3-10(9)12/h8-12,14H,1-7,13H2. The first-order chi connectivity index (χ1) is 6.90. The van der Waals surface area contributed by atoms with Crippen LogP contribution in [0.5, 0.6) is 0 Å². The van der Waals surface area contributed by atoms with Crippen LogP contribution < -0.4 is 11.3 Å². The van der Waals surface area contributed by atoms with Crippen LogP contribution in [0.2, 0.25) is 0 Å². The summed E-state index contributed by atoms with van der Waals surface area (Å²) in [6.45, 7) is 0. The molecule has 0 aromatic heterocycles. The second-order valence-corrected chi connectivity index (χ2v) is 5.63. The fourth-order valence-electron chi connectivity index (χ4n) is 3.68. The molecule has 2 heteroatoms. The Labute approximate surface area is 86.6 Å². The van der Waals surface area contributed by atoms with E-state index >= 15 is 0 Å². The molecule has 3 atom stereocenters. The molecule has 3 saturated carbocycles. The van der Waals surface area contributed by atoms with Crippen molar-refractivity contribution in [1.82, 2.24) is 5.43 Å². The predicted octanol–water partition coefficient (Wildman–Crippen LogP) is 2.05. The average Bonchev–Trinajstić information content (AvgIpc) is 3.10. The number of fused-ring (bicyclic) bond motifs is 1. The van der Waals surface area contributed by atoms with Gasteiger partial charge in [-0.1, -0.05) is 19.3 Å². The van der Waals surface area contributed by atoms with E-state index in [1.165, 1.54) is 44.9 Å². The molecular weight excluding hydrogens is 172 g/mol. The van der Waals surface area contributed by atoms with Gasteiger partial charge in [0.2, 0.25) is 0 Å². The van der Waals surface area contributed by atoms with E-state index in [4.69, 9.17) is 5.84 Å². The van der Waals surface area contributed by atoms with Crippen molar-refractivity contribution in [1.29, 1.82) is 0 Å². The van der Waals surface area contributed by atoms with Crippen molar-refractivity contribution in [3.05, 3.63) is 0 Å². The van der Waals surface area contributed by atoms with Crippen LogP contribution in [0.1, 0.15) is 44.9 Å². The molecule has 0 spiro atoms. The fourth-order valence-corrected chi connectivity index (χ4v) is 3.68. The van der Waals surface area contributed by atoms with Crippen LogP contribution in [-0.4, -0.2) is 6.04 Å². The molecule has 3 rings (SSSR count). The molecule has 3 aliphatic rings. The molecule has 14 heavy (non-hydrogen) atoms. The largest absolute Gasteiger partial charge is 0.271 e. The van der Waals surface area contributed by atoms with E-state index in [1.54, 1.807) is 0 Å². The van der Waals surface area contributed by atoms with Crippen LogP contribution in [0.25, 0.3) is 0 Å². The maximum atomic E-state index is 5.67. The van der Waals surface area contributed by atoms with Gasteiger partial charge in [0.25, 0.3) is 0 Å². The van der Waals surface area contributed by atoms with Crippen molar-refractivity contribution in [2.24, 2.45) is 29.5 Å². The van der Waals surface area contributed by atoms with Gasteiger partial charge in [-0.3, -0.25) is 11.3 Å². The Morgan fingerprint density at radius 2 is 1.86 bits per heavy atom. The van der Waals surface area contributed by atoms with Crippen molar-refractivity contribution in [3.8, 4) is 0 Å². The third-order valence-electron chi connectivity index (χ3n) is 4.73. The van der Waals surface area contributed by atoms with Crippen molar-refractivity contribution < 1.29 is 0 Å². The molecule has 2 nitrogen and oxygen atoms in total. The van der Waals surface area contributed by atoms with Crippen LogP contribution in [0.3, 0.4) is 0 Å². The zero-order valence-corrected chi connectivity index (χ0v) is 8.91. The van der Waals surface area contributed by atoms with Gasteiger partial charge in [0.05, 0.1) is 0 Å². The Morgan fingerprint density at radius 3 is 2.43 bits per heavy atom. The van der Waals surface area contributed by atoms with Gasteiger partial charge >= 0.3 is 0 Å². The van der Waals surface area contributed by atoms with Gasteiger partial charge in [0.1, 0.15) is 0 Å². The maximum absolute atomic E-state index is 5.67. The SMILES string of the molecule is NNC(CCC1CC1)C1C2CCCC21. The molecule has 0 radical (unpaired) electrons. The Morgan fingerprint density at radius 1 is 1.14 bits per heavy atom. The van der Waals surface area contributed by atoms with Gasteiger partial charge in [-0.05, 0) is 49.4 Å². The van der Waals surface area contributed by atoms with Crippen molar-refractivity contribution in [2.75, 3.05) is 0 Å². The lowest BCUT2D eigenvalue weighted by molar-refractivity contribution is 0.376. The zero-order chi connectivity index (χ0) is 9.54. The minimum atomic E-state index is 0.644. The van der Waals surface area contributed by atoms with Crippen molar-refractivity contribution in [2.45, 2.75) is 51.0 Å². The quantitative estimate of drug-likeness (QED) is 0.519. The molecule has 0 aliphatic heterocycles. The highest BCUT2D eigenvalue weighted by Crippen LogP contribution is 2.59. The summed E-state index contributed by atoms with van der Waals surface area (Å²) in [6.07, 6.45) is 10.2. The Hall–Kier alpha value is -0.0800. The number of hydrogen-bond acceptors (Lipinski definition) is 2. The minimum Gasteiger partial charge on any atom is -0.271 e. The topological polar surface area (TPSA) is 38.0 Å². The highest BCUT2D eigenvalue weighted by Gasteiger charge is 2.55. The van der Waals surface area contributed by atoms with Crippen molar-refractivity contribution >= 4 is 0 Å². The first-order valence-corrected chi connectivity index (χ1v) is 6.36. The molecule has 3 aliphatic carbocycles. The van der Waals surface area contributed by atoms with Crippen LogP contribution in [0, 0.1) is 23.7 Å². The van der Waals surface area contributed by atoms with E-state index < -0.39 is 0 Å². The third kappa shape index (κ3) is 1.59. The van der Waals surface area contributed by atoms with Crippen LogP contribution in [-0.2, 0) is 0 Å². The summed E-state index contributed by atoms with van der Waals surface area (Å²) < 4.78 is 0. The van der Waals surface area contributed by atoms with Crippen molar-refractivity contribution in [3.63, 3.8) is 0 Å². The maximum Gasteiger partial charge on any atom is 0.0244 e. The van der Waals surface area contributed by atoms with Crippen LogP contribution >= 0.6 is 0 Å². The molecule has 3 fully saturated rings. The summed E-state index contributed by atoms with van der Waals surface area (Å²) in [6, 6.07) is 0.644. The predicted molar refractivity (Wildman–Crippen MR) is 57.4 cm³/mol. The third-order valence-corrected chi connectivity index (χ3v) is 4.73. The number of rotatable bonds is 5. The molecule has 0 amide bonds. The Balaban J connectivity index is 1.48. The van der Waals surface area contributed by atoms with Gasteiger partial charge in [0.15, 0.2) is 0 Å². The summed E-state index contributed by atoms with van der Waals surface area (Å²) in [7, 11) is 0. The van der Waals surface area contributed by atoms with Gasteiger partial charge in [-0.25, -0.2) is 0 Å². The van der Waals surface area contributed by atoms with E-state index in [2.05, 4.69) is 5.43 Å². The van der Waals surface area contributed by atoms with Gasteiger partial charge in [-0.2, -0.15) is 0 Å². The zero-order valence-electron chi connectivity index (χ0n) is 8.91. The fraction of sp³-hybridized carbons (Fsp3) is 1.00. The molecule has 0 aromatic carbocycles. The van der Waals surface area contributed by atoms with E-state index in [9.17, 15) is 0 Å². The average molecular weight is 194 g/mol. The van der Waals surface area contributed by atoms with Gasteiger partial charge in [-0.15, -0.1) is 0 Å². The second kappa shape index (κ2) is 3.49. The van der Waals surface area contributed by atoms with E-state index in [-0.39, 0.29) is 0 Å². The van der Waals surface area contributed by atoms with E-state index in [1.807, 2.05) is 0 Å². The van der Waals surface area contributed by atoms with Gasteiger partial charge in [0, 0.05) is 6.04 Å². The number of hydrogen-bond donors (Lipinski definition) is 2. The summed E-state index contributed by atoms with van der Waals surface area (Å²) in [5, 5.41) is 0. The lowest BCUT2D eigenvalue weighted by Gasteiger charge is -2.17. The molecule has 0 bridgehead atoms. The van der Waals surface area contributed by atoms with Crippen LogP contribution in [0.4, 0.5) is 0 Å². The molecule has 3 unspecified atom stereocenters. The normalized spacial score (nSPS) is 42.2. The smallest absolute Gasteiger partial charge is 0.0244 e. The molecular formula is C12H22N2. The molecule has 0 heterocycles. The summed E-state index contributed by atoms with van der Waals surface area (Å²) in [4.78, 5) is 0. The molecule has 0 aromatic rings. The molecule has 3 N–H and O–H groups in total. The minimum absolute atomic E-state index is 0.644. The highest BCUT2D eigenvalue weighted by atomic mass is 15.2. The number of hydrazine groups is 1. The monoisotopic (exact) mass is 194 g/mol. The summed E-state index contributed by atoms with van der Waals surface area (Å²) in [5.74, 6) is 9.79. The number of nitrogens with one attached hydrogen (secondary N) is 1. The lowest BCUT2D eigenvalue weighted by atomic mass is 9.99. The Kier molecular flexibility index (Phi) is 2.29. The van der Waals surface area contributed by atoms with Crippen LogP contribution in [0.15, 0.2) is 0 Å². The molecule has 0 saturated heterocycles. The number of nitrogens with two attached hydrogens (primary N) is 1. The summed E-state index contributed by atoms with van der Waals surface area (Å²) in [5.41, 5.74) is 3.08. The van der Waals surface area contributed by atoms with Gasteiger partial charge < -0.3 is 0 Å².